The molecule has 0 spiro atoms. The Kier molecular flexibility index (Phi) is 6.38. The first kappa shape index (κ1) is 19.5. The van der Waals surface area contributed by atoms with E-state index in [1.807, 2.05) is 6.07 Å². The van der Waals surface area contributed by atoms with Crippen LogP contribution < -0.4 is 5.32 Å². The summed E-state index contributed by atoms with van der Waals surface area (Å²) in [5.74, 6) is -0.135. The molecule has 4 nitrogen and oxygen atoms in total. The molecule has 2 rings (SSSR count). The van der Waals surface area contributed by atoms with Crippen molar-refractivity contribution in [3.8, 4) is 0 Å². The van der Waals surface area contributed by atoms with Gasteiger partial charge in [-0.3, -0.25) is 4.79 Å². The van der Waals surface area contributed by atoms with Gasteiger partial charge in [-0.15, -0.1) is 0 Å². The van der Waals surface area contributed by atoms with Crippen molar-refractivity contribution in [1.29, 1.82) is 0 Å². The molecule has 0 bridgehead atoms. The number of nitrogens with one attached hydrogen (secondary N) is 1. The highest BCUT2D eigenvalue weighted by Gasteiger charge is 2.30. The Morgan fingerprint density at radius 2 is 1.96 bits per heavy atom. The molecule has 7 heteroatoms. The van der Waals surface area contributed by atoms with Gasteiger partial charge in [0.15, 0.2) is 0 Å². The Morgan fingerprint density at radius 3 is 2.65 bits per heavy atom. The van der Waals surface area contributed by atoms with Gasteiger partial charge in [0, 0.05) is 7.05 Å². The van der Waals surface area contributed by atoms with Gasteiger partial charge in [-0.1, -0.05) is 41.6 Å². The molecule has 138 valence electrons. The number of amides is 1. The lowest BCUT2D eigenvalue weighted by Crippen LogP contribution is -2.20. The van der Waals surface area contributed by atoms with Gasteiger partial charge in [0.05, 0.1) is 18.2 Å². The fourth-order valence-electron chi connectivity index (χ4n) is 2.29. The highest BCUT2D eigenvalue weighted by atomic mass is 19.4. The zero-order chi connectivity index (χ0) is 19.2. The third kappa shape index (κ3) is 5.34. The predicted octanol–water partition coefficient (Wildman–Crippen LogP) is 4.11. The Hall–Kier alpha value is -2.83. The number of nitrogens with zero attached hydrogens (tertiary/aromatic N) is 1. The van der Waals surface area contributed by atoms with Gasteiger partial charge in [-0.05, 0) is 35.7 Å². The Bertz CT molecular complexity index is 788. The van der Waals surface area contributed by atoms with Crippen molar-refractivity contribution in [2.45, 2.75) is 25.6 Å². The first-order chi connectivity index (χ1) is 12.3. The number of alkyl halides is 3. The summed E-state index contributed by atoms with van der Waals surface area (Å²) in [7, 11) is 1.55. The number of carbonyl (C=O) groups excluding carboxylic acids is 1. The van der Waals surface area contributed by atoms with Crippen LogP contribution in [0.4, 0.5) is 13.2 Å². The van der Waals surface area contributed by atoms with Crippen LogP contribution in [-0.4, -0.2) is 19.2 Å². The number of likely N-dealkylation sites (N-methyl/N-ethyl adjacent to an activating group) is 1. The van der Waals surface area contributed by atoms with E-state index in [1.54, 1.807) is 38.2 Å². The molecule has 0 heterocycles. The van der Waals surface area contributed by atoms with Gasteiger partial charge in [0.25, 0.3) is 0 Å². The van der Waals surface area contributed by atoms with Crippen molar-refractivity contribution in [1.82, 2.24) is 5.32 Å². The molecule has 0 fully saturated rings. The third-order valence-corrected chi connectivity index (χ3v) is 3.78. The smallest absolute Gasteiger partial charge is 0.388 e. The number of hydrogen-bond acceptors (Lipinski definition) is 3. The molecular formula is C19H19F3N2O2. The van der Waals surface area contributed by atoms with Crippen LogP contribution in [0.15, 0.2) is 53.7 Å². The fraction of sp³-hybridized carbons (Fsp3) is 0.263. The number of carbonyl (C=O) groups is 1. The minimum absolute atomic E-state index is 0.135. The quantitative estimate of drug-likeness (QED) is 0.620. The first-order valence-electron chi connectivity index (χ1n) is 7.96. The van der Waals surface area contributed by atoms with Crippen molar-refractivity contribution < 1.29 is 22.8 Å². The van der Waals surface area contributed by atoms with E-state index in [1.165, 1.54) is 12.3 Å². The summed E-state index contributed by atoms with van der Waals surface area (Å²) in [4.78, 5) is 16.8. The van der Waals surface area contributed by atoms with Crippen LogP contribution in [-0.2, 0) is 22.2 Å². The van der Waals surface area contributed by atoms with E-state index in [9.17, 15) is 18.0 Å². The van der Waals surface area contributed by atoms with Crippen LogP contribution in [0.1, 0.15) is 35.3 Å². The molecule has 0 aliphatic carbocycles. The van der Waals surface area contributed by atoms with Crippen molar-refractivity contribution >= 4 is 12.1 Å². The lowest BCUT2D eigenvalue weighted by Gasteiger charge is -2.13. The maximum absolute atomic E-state index is 12.8. The molecule has 1 amide bonds. The van der Waals surface area contributed by atoms with Crippen LogP contribution in [0, 0.1) is 0 Å². The Morgan fingerprint density at radius 1 is 1.23 bits per heavy atom. The van der Waals surface area contributed by atoms with E-state index >= 15 is 0 Å². The van der Waals surface area contributed by atoms with Gasteiger partial charge < -0.3 is 10.2 Å². The minimum Gasteiger partial charge on any atom is -0.388 e. The second kappa shape index (κ2) is 8.51. The van der Waals surface area contributed by atoms with Gasteiger partial charge in [-0.25, -0.2) is 0 Å². The first-order valence-corrected chi connectivity index (χ1v) is 7.96. The van der Waals surface area contributed by atoms with Crippen molar-refractivity contribution in [2.75, 3.05) is 7.05 Å². The molecule has 26 heavy (non-hydrogen) atoms. The van der Waals surface area contributed by atoms with Crippen LogP contribution in [0.25, 0.3) is 0 Å². The van der Waals surface area contributed by atoms with Crippen LogP contribution in [0.5, 0.6) is 0 Å². The summed E-state index contributed by atoms with van der Waals surface area (Å²) in [6.45, 7) is 1.61. The number of oxime groups is 1. The van der Waals surface area contributed by atoms with Crippen molar-refractivity contribution in [3.63, 3.8) is 0 Å². The van der Waals surface area contributed by atoms with Crippen LogP contribution >= 0.6 is 0 Å². The van der Waals surface area contributed by atoms with Gasteiger partial charge in [0.1, 0.15) is 6.10 Å². The molecule has 1 unspecified atom stereocenters. The number of halogens is 3. The maximum Gasteiger partial charge on any atom is 0.416 e. The van der Waals surface area contributed by atoms with Crippen LogP contribution in [0.3, 0.4) is 0 Å². The standard InChI is InChI=1S/C19H19F3N2O2/c1-13(14-8-5-9-17(10-14)19(20,21)22)26-24-12-16-7-4-3-6-15(16)11-18(25)23-2/h3-10,12-13H,11H2,1-2H3,(H,23,25)/b24-12+. The topological polar surface area (TPSA) is 50.7 Å². The Labute approximate surface area is 149 Å². The van der Waals surface area contributed by atoms with Crippen LogP contribution in [0.2, 0.25) is 0 Å². The maximum atomic E-state index is 12.8. The second-order valence-corrected chi connectivity index (χ2v) is 5.65. The molecule has 1 N–H and O–H groups in total. The van der Waals surface area contributed by atoms with E-state index in [0.29, 0.717) is 11.1 Å². The highest BCUT2D eigenvalue weighted by molar-refractivity contribution is 5.86. The van der Waals surface area contributed by atoms with E-state index < -0.39 is 17.8 Å². The number of benzene rings is 2. The lowest BCUT2D eigenvalue weighted by atomic mass is 10.1. The fourth-order valence-corrected chi connectivity index (χ4v) is 2.29. The van der Waals surface area contributed by atoms with Crippen molar-refractivity contribution in [2.24, 2.45) is 5.16 Å². The summed E-state index contributed by atoms with van der Waals surface area (Å²) in [5, 5.41) is 6.41. The van der Waals surface area contributed by atoms with Gasteiger partial charge in [-0.2, -0.15) is 13.2 Å². The molecule has 0 saturated heterocycles. The zero-order valence-electron chi connectivity index (χ0n) is 14.4. The van der Waals surface area contributed by atoms with Gasteiger partial charge in [0.2, 0.25) is 5.91 Å². The largest absolute Gasteiger partial charge is 0.416 e. The summed E-state index contributed by atoms with van der Waals surface area (Å²) < 4.78 is 38.3. The van der Waals surface area contributed by atoms with E-state index in [0.717, 1.165) is 17.7 Å². The summed E-state index contributed by atoms with van der Waals surface area (Å²) >= 11 is 0. The van der Waals surface area contributed by atoms with E-state index in [4.69, 9.17) is 4.84 Å². The average Bonchev–Trinajstić information content (AvgIpc) is 2.62. The Balaban J connectivity index is 2.08. The summed E-state index contributed by atoms with van der Waals surface area (Å²) in [5.41, 5.74) is 1.11. The molecule has 2 aromatic carbocycles. The van der Waals surface area contributed by atoms with Gasteiger partial charge >= 0.3 is 6.18 Å². The average molecular weight is 364 g/mol. The van der Waals surface area contributed by atoms with E-state index in [2.05, 4.69) is 10.5 Å². The third-order valence-electron chi connectivity index (χ3n) is 3.78. The molecule has 0 aliphatic rings. The van der Waals surface area contributed by atoms with Crippen molar-refractivity contribution in [3.05, 3.63) is 70.8 Å². The minimum atomic E-state index is -4.40. The highest BCUT2D eigenvalue weighted by Crippen LogP contribution is 2.31. The molecule has 1 atom stereocenters. The monoisotopic (exact) mass is 364 g/mol. The lowest BCUT2D eigenvalue weighted by molar-refractivity contribution is -0.137. The molecule has 0 aromatic heterocycles. The predicted molar refractivity (Wildman–Crippen MR) is 92.8 cm³/mol. The SMILES string of the molecule is CNC(=O)Cc1ccccc1/C=N/OC(C)c1cccc(C(F)(F)F)c1. The molecule has 0 radical (unpaired) electrons. The zero-order valence-corrected chi connectivity index (χ0v) is 14.4. The molecule has 0 saturated carbocycles. The summed E-state index contributed by atoms with van der Waals surface area (Å²) in [6, 6.07) is 12.1. The molecular weight excluding hydrogens is 345 g/mol. The summed E-state index contributed by atoms with van der Waals surface area (Å²) in [6.07, 6.45) is -3.41. The molecule has 2 aromatic rings. The number of hydrogen-bond donors (Lipinski definition) is 1. The number of rotatable bonds is 6. The van der Waals surface area contributed by atoms with E-state index in [-0.39, 0.29) is 12.3 Å². The molecule has 0 aliphatic heterocycles. The second-order valence-electron chi connectivity index (χ2n) is 5.65. The normalized spacial score (nSPS) is 12.8.